The molecule has 4 unspecified atom stereocenters. The van der Waals surface area contributed by atoms with Gasteiger partial charge in [-0.1, -0.05) is 52.9 Å². The predicted octanol–water partition coefficient (Wildman–Crippen LogP) is 4.76. The van der Waals surface area contributed by atoms with Crippen LogP contribution in [-0.4, -0.2) is 12.1 Å². The van der Waals surface area contributed by atoms with Crippen LogP contribution >= 0.6 is 0 Å². The summed E-state index contributed by atoms with van der Waals surface area (Å²) in [5.74, 6) is 2.81. The highest BCUT2D eigenvalue weighted by atomic mass is 15.0. The molecule has 2 aliphatic carbocycles. The Hall–Kier alpha value is -0.0400. The molecule has 0 aromatic rings. The third-order valence-corrected chi connectivity index (χ3v) is 5.54. The van der Waals surface area contributed by atoms with E-state index in [1.165, 1.54) is 57.8 Å². The largest absolute Gasteiger partial charge is 0.311 e. The summed E-state index contributed by atoms with van der Waals surface area (Å²) in [5, 5.41) is 4.04. The van der Waals surface area contributed by atoms with Crippen molar-refractivity contribution < 1.29 is 0 Å². The van der Waals surface area contributed by atoms with E-state index in [0.29, 0.717) is 0 Å². The van der Waals surface area contributed by atoms with Crippen LogP contribution in [0.15, 0.2) is 0 Å². The molecule has 0 saturated heterocycles. The van der Waals surface area contributed by atoms with Crippen LogP contribution in [0.5, 0.6) is 0 Å². The highest BCUT2D eigenvalue weighted by Crippen LogP contribution is 2.32. The van der Waals surface area contributed by atoms with Gasteiger partial charge in [-0.3, -0.25) is 0 Å². The molecule has 106 valence electrons. The van der Waals surface area contributed by atoms with Gasteiger partial charge in [-0.15, -0.1) is 0 Å². The minimum atomic E-state index is 0.822. The molecule has 1 nitrogen and oxygen atoms in total. The Bertz CT molecular complexity index is 236. The lowest BCUT2D eigenvalue weighted by atomic mass is 9.77. The molecule has 0 aromatic heterocycles. The molecule has 2 aliphatic rings. The second kappa shape index (κ2) is 6.93. The van der Waals surface area contributed by atoms with Gasteiger partial charge in [-0.2, -0.15) is 0 Å². The lowest BCUT2D eigenvalue weighted by molar-refractivity contribution is 0.179. The van der Waals surface area contributed by atoms with E-state index >= 15 is 0 Å². The van der Waals surface area contributed by atoms with Gasteiger partial charge in [0, 0.05) is 12.1 Å². The van der Waals surface area contributed by atoms with Gasteiger partial charge < -0.3 is 5.32 Å². The summed E-state index contributed by atoms with van der Waals surface area (Å²) < 4.78 is 0. The Labute approximate surface area is 114 Å². The molecule has 0 amide bonds. The van der Waals surface area contributed by atoms with Gasteiger partial charge in [-0.25, -0.2) is 0 Å². The maximum absolute atomic E-state index is 4.04. The first-order valence-electron chi connectivity index (χ1n) is 8.46. The van der Waals surface area contributed by atoms with Crippen molar-refractivity contribution in [3.63, 3.8) is 0 Å². The molecule has 1 N–H and O–H groups in total. The SMILES string of the molecule is CCC1CCCCC1NC1CCCC(C(C)C)C1. The summed E-state index contributed by atoms with van der Waals surface area (Å²) in [6.07, 6.45) is 13.0. The Balaban J connectivity index is 1.84. The average Bonchev–Trinajstić information content (AvgIpc) is 2.39. The van der Waals surface area contributed by atoms with Crippen LogP contribution in [0.4, 0.5) is 0 Å². The van der Waals surface area contributed by atoms with Gasteiger partial charge in [0.15, 0.2) is 0 Å². The molecule has 0 radical (unpaired) electrons. The van der Waals surface area contributed by atoms with Crippen molar-refractivity contribution in [2.75, 3.05) is 0 Å². The zero-order valence-corrected chi connectivity index (χ0v) is 12.8. The molecule has 2 rings (SSSR count). The normalized spacial score (nSPS) is 38.0. The first kappa shape index (κ1) is 14.4. The summed E-state index contributed by atoms with van der Waals surface area (Å²) in [4.78, 5) is 0. The van der Waals surface area contributed by atoms with Gasteiger partial charge in [0.1, 0.15) is 0 Å². The Morgan fingerprint density at radius 2 is 1.78 bits per heavy atom. The van der Waals surface area contributed by atoms with E-state index in [9.17, 15) is 0 Å². The molecule has 1 heteroatoms. The van der Waals surface area contributed by atoms with Gasteiger partial charge >= 0.3 is 0 Å². The lowest BCUT2D eigenvalue weighted by Crippen LogP contribution is -2.46. The minimum absolute atomic E-state index is 0.822. The van der Waals surface area contributed by atoms with Crippen LogP contribution in [0, 0.1) is 17.8 Å². The van der Waals surface area contributed by atoms with E-state index in [0.717, 1.165) is 29.8 Å². The molecule has 0 aromatic carbocycles. The fourth-order valence-corrected chi connectivity index (χ4v) is 4.20. The Morgan fingerprint density at radius 3 is 2.50 bits per heavy atom. The predicted molar refractivity (Wildman–Crippen MR) is 79.8 cm³/mol. The fraction of sp³-hybridized carbons (Fsp3) is 1.00. The number of hydrogen-bond acceptors (Lipinski definition) is 1. The first-order chi connectivity index (χ1) is 8.70. The highest BCUT2D eigenvalue weighted by Gasteiger charge is 2.29. The molecule has 0 aliphatic heterocycles. The van der Waals surface area contributed by atoms with Crippen molar-refractivity contribution in [3.05, 3.63) is 0 Å². The molecule has 0 bridgehead atoms. The van der Waals surface area contributed by atoms with Crippen molar-refractivity contribution in [2.45, 2.75) is 90.6 Å². The number of nitrogens with one attached hydrogen (secondary N) is 1. The van der Waals surface area contributed by atoms with Crippen molar-refractivity contribution >= 4 is 0 Å². The van der Waals surface area contributed by atoms with E-state index in [2.05, 4.69) is 26.1 Å². The Morgan fingerprint density at radius 1 is 1.00 bits per heavy atom. The van der Waals surface area contributed by atoms with Crippen molar-refractivity contribution in [3.8, 4) is 0 Å². The van der Waals surface area contributed by atoms with Crippen LogP contribution in [0.2, 0.25) is 0 Å². The van der Waals surface area contributed by atoms with Crippen LogP contribution < -0.4 is 5.32 Å². The fourth-order valence-electron chi connectivity index (χ4n) is 4.20. The molecular weight excluding hydrogens is 218 g/mol. The summed E-state index contributed by atoms with van der Waals surface area (Å²) in [5.41, 5.74) is 0. The highest BCUT2D eigenvalue weighted by molar-refractivity contribution is 4.86. The lowest BCUT2D eigenvalue weighted by Gasteiger charge is -2.38. The molecule has 2 saturated carbocycles. The quantitative estimate of drug-likeness (QED) is 0.759. The third kappa shape index (κ3) is 3.73. The standard InChI is InChI=1S/C17H33N/c1-4-14-8-5-6-11-17(14)18-16-10-7-9-15(12-16)13(2)3/h13-18H,4-12H2,1-3H3. The van der Waals surface area contributed by atoms with E-state index in [1.807, 2.05) is 0 Å². The van der Waals surface area contributed by atoms with Crippen LogP contribution in [0.25, 0.3) is 0 Å². The smallest absolute Gasteiger partial charge is 0.00978 e. The molecule has 0 spiro atoms. The van der Waals surface area contributed by atoms with Crippen LogP contribution in [-0.2, 0) is 0 Å². The molecule has 18 heavy (non-hydrogen) atoms. The molecular formula is C17H33N. The monoisotopic (exact) mass is 251 g/mol. The summed E-state index contributed by atoms with van der Waals surface area (Å²) in [6, 6.07) is 1.66. The van der Waals surface area contributed by atoms with Gasteiger partial charge in [0.05, 0.1) is 0 Å². The van der Waals surface area contributed by atoms with Gasteiger partial charge in [-0.05, 0) is 43.4 Å². The van der Waals surface area contributed by atoms with Crippen molar-refractivity contribution in [1.29, 1.82) is 0 Å². The topological polar surface area (TPSA) is 12.0 Å². The minimum Gasteiger partial charge on any atom is -0.311 e. The van der Waals surface area contributed by atoms with E-state index < -0.39 is 0 Å². The van der Waals surface area contributed by atoms with Gasteiger partial charge in [0.25, 0.3) is 0 Å². The van der Waals surface area contributed by atoms with Crippen LogP contribution in [0.1, 0.15) is 78.6 Å². The second-order valence-corrected chi connectivity index (χ2v) is 7.09. The van der Waals surface area contributed by atoms with E-state index in [-0.39, 0.29) is 0 Å². The molecule has 4 atom stereocenters. The average molecular weight is 251 g/mol. The van der Waals surface area contributed by atoms with Gasteiger partial charge in [0.2, 0.25) is 0 Å². The second-order valence-electron chi connectivity index (χ2n) is 7.09. The Kier molecular flexibility index (Phi) is 5.54. The zero-order valence-electron chi connectivity index (χ0n) is 12.8. The molecule has 0 heterocycles. The van der Waals surface area contributed by atoms with Crippen molar-refractivity contribution in [1.82, 2.24) is 5.32 Å². The maximum atomic E-state index is 4.04. The summed E-state index contributed by atoms with van der Waals surface area (Å²) >= 11 is 0. The van der Waals surface area contributed by atoms with Crippen molar-refractivity contribution in [2.24, 2.45) is 17.8 Å². The van der Waals surface area contributed by atoms with E-state index in [1.54, 1.807) is 0 Å². The number of hydrogen-bond donors (Lipinski definition) is 1. The van der Waals surface area contributed by atoms with Crippen LogP contribution in [0.3, 0.4) is 0 Å². The summed E-state index contributed by atoms with van der Waals surface area (Å²) in [6.45, 7) is 7.19. The van der Waals surface area contributed by atoms with E-state index in [4.69, 9.17) is 0 Å². The third-order valence-electron chi connectivity index (χ3n) is 5.54. The zero-order chi connectivity index (χ0) is 13.0. The summed E-state index contributed by atoms with van der Waals surface area (Å²) in [7, 11) is 0. The maximum Gasteiger partial charge on any atom is 0.00978 e. The number of rotatable bonds is 4. The molecule has 2 fully saturated rings. The first-order valence-corrected chi connectivity index (χ1v) is 8.46.